The Balaban J connectivity index is 1.78. The molecule has 1 N–H and O–H groups in total. The number of methoxy groups -OCH3 is 2. The van der Waals surface area contributed by atoms with Crippen molar-refractivity contribution in [3.05, 3.63) is 59.7 Å². The lowest BCUT2D eigenvalue weighted by Crippen LogP contribution is -2.28. The number of esters is 1. The van der Waals surface area contributed by atoms with Crippen molar-refractivity contribution in [2.24, 2.45) is 0 Å². The van der Waals surface area contributed by atoms with Crippen LogP contribution in [-0.4, -0.2) is 32.7 Å². The minimum Gasteiger partial charge on any atom is -0.497 e. The van der Waals surface area contributed by atoms with Crippen molar-refractivity contribution in [3.63, 3.8) is 0 Å². The SMILES string of the molecule is COc1ccc(CNC(=O)COC(=O)c2cccc(OC)c2)cc1. The van der Waals surface area contributed by atoms with Crippen LogP contribution in [0.5, 0.6) is 11.5 Å². The number of hydrogen-bond donors (Lipinski definition) is 1. The molecule has 2 rings (SSSR count). The van der Waals surface area contributed by atoms with Crippen molar-refractivity contribution >= 4 is 11.9 Å². The van der Waals surface area contributed by atoms with Crippen LogP contribution < -0.4 is 14.8 Å². The standard InChI is InChI=1S/C18H19NO5/c1-22-15-8-6-13(7-9-15)11-19-17(20)12-24-18(21)14-4-3-5-16(10-14)23-2/h3-10H,11-12H2,1-2H3,(H,19,20). The Hall–Kier alpha value is -3.02. The molecule has 2 aromatic carbocycles. The van der Waals surface area contributed by atoms with E-state index in [0.717, 1.165) is 11.3 Å². The minimum atomic E-state index is -0.575. The third kappa shape index (κ3) is 5.01. The van der Waals surface area contributed by atoms with Gasteiger partial charge in [0.15, 0.2) is 6.61 Å². The van der Waals surface area contributed by atoms with Gasteiger partial charge in [-0.25, -0.2) is 4.79 Å². The van der Waals surface area contributed by atoms with E-state index in [1.54, 1.807) is 31.4 Å². The van der Waals surface area contributed by atoms with Crippen LogP contribution in [-0.2, 0) is 16.1 Å². The van der Waals surface area contributed by atoms with Gasteiger partial charge in [0.25, 0.3) is 5.91 Å². The number of ether oxygens (including phenoxy) is 3. The number of carbonyl (C=O) groups excluding carboxylic acids is 2. The molecular weight excluding hydrogens is 310 g/mol. The Labute approximate surface area is 140 Å². The van der Waals surface area contributed by atoms with Crippen LogP contribution >= 0.6 is 0 Å². The molecule has 1 amide bonds. The fourth-order valence-corrected chi connectivity index (χ4v) is 1.96. The van der Waals surface area contributed by atoms with Gasteiger partial charge in [-0.2, -0.15) is 0 Å². The molecule has 6 heteroatoms. The molecule has 0 spiro atoms. The largest absolute Gasteiger partial charge is 0.497 e. The summed E-state index contributed by atoms with van der Waals surface area (Å²) < 4.78 is 15.1. The molecule has 0 atom stereocenters. The number of hydrogen-bond acceptors (Lipinski definition) is 5. The number of benzene rings is 2. The van der Waals surface area contributed by atoms with Crippen LogP contribution in [0.25, 0.3) is 0 Å². The van der Waals surface area contributed by atoms with E-state index in [1.165, 1.54) is 7.11 Å². The van der Waals surface area contributed by atoms with Gasteiger partial charge in [0.2, 0.25) is 0 Å². The third-order valence-corrected chi connectivity index (χ3v) is 3.29. The summed E-state index contributed by atoms with van der Waals surface area (Å²) in [5.74, 6) is 0.348. The van der Waals surface area contributed by atoms with Crippen LogP contribution in [0.15, 0.2) is 48.5 Å². The zero-order chi connectivity index (χ0) is 17.4. The number of rotatable bonds is 7. The van der Waals surface area contributed by atoms with E-state index < -0.39 is 5.97 Å². The van der Waals surface area contributed by atoms with Gasteiger partial charge in [0.1, 0.15) is 11.5 Å². The molecule has 0 aliphatic rings. The highest BCUT2D eigenvalue weighted by Crippen LogP contribution is 2.13. The van der Waals surface area contributed by atoms with Crippen molar-refractivity contribution in [2.45, 2.75) is 6.54 Å². The van der Waals surface area contributed by atoms with E-state index in [0.29, 0.717) is 17.9 Å². The van der Waals surface area contributed by atoms with E-state index in [2.05, 4.69) is 5.32 Å². The zero-order valence-electron chi connectivity index (χ0n) is 13.6. The Kier molecular flexibility index (Phi) is 6.19. The molecular formula is C18H19NO5. The van der Waals surface area contributed by atoms with E-state index in [-0.39, 0.29) is 12.5 Å². The van der Waals surface area contributed by atoms with Crippen molar-refractivity contribution < 1.29 is 23.8 Å². The molecule has 0 saturated carbocycles. The van der Waals surface area contributed by atoms with Gasteiger partial charge in [-0.1, -0.05) is 18.2 Å². The Morgan fingerprint density at radius 2 is 1.67 bits per heavy atom. The van der Waals surface area contributed by atoms with E-state index in [4.69, 9.17) is 14.2 Å². The maximum Gasteiger partial charge on any atom is 0.338 e. The first-order valence-corrected chi connectivity index (χ1v) is 7.33. The lowest BCUT2D eigenvalue weighted by Gasteiger charge is -2.08. The normalized spacial score (nSPS) is 9.92. The van der Waals surface area contributed by atoms with Crippen molar-refractivity contribution in [1.82, 2.24) is 5.32 Å². The second kappa shape index (κ2) is 8.57. The van der Waals surface area contributed by atoms with Crippen LogP contribution in [0.1, 0.15) is 15.9 Å². The topological polar surface area (TPSA) is 73.9 Å². The zero-order valence-corrected chi connectivity index (χ0v) is 13.6. The molecule has 2 aromatic rings. The molecule has 126 valence electrons. The quantitative estimate of drug-likeness (QED) is 0.788. The van der Waals surface area contributed by atoms with Gasteiger partial charge in [-0.05, 0) is 35.9 Å². The lowest BCUT2D eigenvalue weighted by atomic mass is 10.2. The van der Waals surface area contributed by atoms with E-state index >= 15 is 0 Å². The smallest absolute Gasteiger partial charge is 0.338 e. The van der Waals surface area contributed by atoms with E-state index in [9.17, 15) is 9.59 Å². The molecule has 6 nitrogen and oxygen atoms in total. The van der Waals surface area contributed by atoms with E-state index in [1.807, 2.05) is 24.3 Å². The van der Waals surface area contributed by atoms with Crippen LogP contribution in [0, 0.1) is 0 Å². The predicted molar refractivity (Wildman–Crippen MR) is 88.1 cm³/mol. The summed E-state index contributed by atoms with van der Waals surface area (Å²) in [6.07, 6.45) is 0. The van der Waals surface area contributed by atoms with Crippen LogP contribution in [0.4, 0.5) is 0 Å². The van der Waals surface area contributed by atoms with Gasteiger partial charge in [0.05, 0.1) is 19.8 Å². The molecule has 0 bridgehead atoms. The van der Waals surface area contributed by atoms with Crippen LogP contribution in [0.2, 0.25) is 0 Å². The van der Waals surface area contributed by atoms with Gasteiger partial charge in [-0.3, -0.25) is 4.79 Å². The summed E-state index contributed by atoms with van der Waals surface area (Å²) in [6, 6.07) is 13.9. The summed E-state index contributed by atoms with van der Waals surface area (Å²) in [4.78, 5) is 23.7. The first-order valence-electron chi connectivity index (χ1n) is 7.33. The second-order valence-corrected chi connectivity index (χ2v) is 4.93. The second-order valence-electron chi connectivity index (χ2n) is 4.93. The molecule has 0 aromatic heterocycles. The number of amides is 1. The first-order chi connectivity index (χ1) is 11.6. The highest BCUT2D eigenvalue weighted by molar-refractivity contribution is 5.91. The summed E-state index contributed by atoms with van der Waals surface area (Å²) in [5.41, 5.74) is 1.25. The summed E-state index contributed by atoms with van der Waals surface area (Å²) >= 11 is 0. The van der Waals surface area contributed by atoms with Crippen molar-refractivity contribution in [3.8, 4) is 11.5 Å². The molecule has 0 saturated heterocycles. The molecule has 0 heterocycles. The van der Waals surface area contributed by atoms with Gasteiger partial charge >= 0.3 is 5.97 Å². The Morgan fingerprint density at radius 1 is 0.958 bits per heavy atom. The predicted octanol–water partition coefficient (Wildman–Crippen LogP) is 2.18. The van der Waals surface area contributed by atoms with Crippen molar-refractivity contribution in [1.29, 1.82) is 0 Å². The monoisotopic (exact) mass is 329 g/mol. The molecule has 0 aliphatic carbocycles. The summed E-state index contributed by atoms with van der Waals surface area (Å²) in [7, 11) is 3.10. The summed E-state index contributed by atoms with van der Waals surface area (Å²) in [5, 5.41) is 2.68. The molecule has 0 radical (unpaired) electrons. The number of carbonyl (C=O) groups is 2. The maximum absolute atomic E-state index is 11.9. The number of nitrogens with one attached hydrogen (secondary N) is 1. The summed E-state index contributed by atoms with van der Waals surface area (Å²) in [6.45, 7) is 0.00569. The molecule has 24 heavy (non-hydrogen) atoms. The lowest BCUT2D eigenvalue weighted by molar-refractivity contribution is -0.124. The molecule has 0 fully saturated rings. The fraction of sp³-hybridized carbons (Fsp3) is 0.222. The fourth-order valence-electron chi connectivity index (χ4n) is 1.96. The average Bonchev–Trinajstić information content (AvgIpc) is 2.64. The van der Waals surface area contributed by atoms with Crippen molar-refractivity contribution in [2.75, 3.05) is 20.8 Å². The van der Waals surface area contributed by atoms with Gasteiger partial charge < -0.3 is 19.5 Å². The minimum absolute atomic E-state index is 0.331. The van der Waals surface area contributed by atoms with Crippen LogP contribution in [0.3, 0.4) is 0 Å². The Morgan fingerprint density at radius 3 is 2.33 bits per heavy atom. The Bertz CT molecular complexity index is 697. The molecule has 0 unspecified atom stereocenters. The molecule has 0 aliphatic heterocycles. The highest BCUT2D eigenvalue weighted by atomic mass is 16.5. The maximum atomic E-state index is 11.9. The average molecular weight is 329 g/mol. The van der Waals surface area contributed by atoms with Gasteiger partial charge in [0, 0.05) is 6.54 Å². The highest BCUT2D eigenvalue weighted by Gasteiger charge is 2.11. The van der Waals surface area contributed by atoms with Gasteiger partial charge in [-0.15, -0.1) is 0 Å². The third-order valence-electron chi connectivity index (χ3n) is 3.29. The first kappa shape index (κ1) is 17.3.